The molecular weight excluding hydrogens is 387 g/mol. The Hall–Kier alpha value is -1.07. The maximum absolute atomic E-state index is 11.3. The van der Waals surface area contributed by atoms with Crippen LogP contribution in [0.2, 0.25) is 0 Å². The van der Waals surface area contributed by atoms with E-state index in [0.717, 1.165) is 38.5 Å². The van der Waals surface area contributed by atoms with Gasteiger partial charge in [-0.1, -0.05) is 31.6 Å². The highest BCUT2D eigenvalue weighted by atomic mass is 35.5. The summed E-state index contributed by atoms with van der Waals surface area (Å²) in [5.41, 5.74) is -0.601. The predicted octanol–water partition coefficient (Wildman–Crippen LogP) is 4.65. The van der Waals surface area contributed by atoms with Gasteiger partial charge >= 0.3 is 11.9 Å². The van der Waals surface area contributed by atoms with Gasteiger partial charge in [-0.05, 0) is 60.5 Å². The van der Waals surface area contributed by atoms with Gasteiger partial charge in [-0.2, -0.15) is 0 Å². The molecule has 0 spiro atoms. The van der Waals surface area contributed by atoms with Crippen LogP contribution in [0.3, 0.4) is 0 Å². The largest absolute Gasteiger partial charge is 0.469 e. The van der Waals surface area contributed by atoms with E-state index in [4.69, 9.17) is 34.8 Å². The molecule has 2 aliphatic rings. The van der Waals surface area contributed by atoms with Crippen molar-refractivity contribution in [3.05, 3.63) is 0 Å². The molecule has 0 radical (unpaired) electrons. The minimum atomic E-state index is -0.601. The fourth-order valence-electron chi connectivity index (χ4n) is 2.97. The van der Waals surface area contributed by atoms with Crippen molar-refractivity contribution in [3.8, 4) is 22.1 Å². The summed E-state index contributed by atoms with van der Waals surface area (Å²) in [6.45, 7) is 0. The Morgan fingerprint density at radius 1 is 0.880 bits per heavy atom. The van der Waals surface area contributed by atoms with Gasteiger partial charge in [0, 0.05) is 16.1 Å². The summed E-state index contributed by atoms with van der Waals surface area (Å²) in [5.74, 6) is 2.70. The van der Waals surface area contributed by atoms with Gasteiger partial charge in [-0.15, -0.1) is 0 Å². The van der Waals surface area contributed by atoms with Gasteiger partial charge < -0.3 is 9.47 Å². The molecule has 25 heavy (non-hydrogen) atoms. The lowest BCUT2D eigenvalue weighted by atomic mass is 9.87. The summed E-state index contributed by atoms with van der Waals surface area (Å²) in [6, 6.07) is 0. The van der Waals surface area contributed by atoms with Gasteiger partial charge in [0.25, 0.3) is 0 Å². The average Bonchev–Trinajstić information content (AvgIpc) is 3.34. The molecule has 0 aromatic rings. The van der Waals surface area contributed by atoms with Crippen molar-refractivity contribution in [2.45, 2.75) is 51.4 Å². The van der Waals surface area contributed by atoms with Crippen LogP contribution in [0, 0.1) is 33.4 Å². The second-order valence-corrected chi connectivity index (χ2v) is 6.26. The van der Waals surface area contributed by atoms with E-state index in [9.17, 15) is 9.59 Å². The van der Waals surface area contributed by atoms with Crippen molar-refractivity contribution in [1.29, 1.82) is 0 Å². The number of carbonyl (C=O) groups excluding carboxylic acids is 2. The SMILES string of the molecule is COC(=O)C1(C#CCl)CCCC1.COC(=O)C1CCCC1.ClC#CCl. The summed E-state index contributed by atoms with van der Waals surface area (Å²) in [6.07, 6.45) is 8.07. The molecule has 2 aliphatic carbocycles. The van der Waals surface area contributed by atoms with E-state index in [0.29, 0.717) is 0 Å². The lowest BCUT2D eigenvalue weighted by Crippen LogP contribution is -2.27. The third-order valence-corrected chi connectivity index (χ3v) is 4.63. The number of halogens is 3. The minimum absolute atomic E-state index is 0.0208. The Balaban J connectivity index is 0.000000391. The van der Waals surface area contributed by atoms with Crippen LogP contribution >= 0.6 is 34.8 Å². The lowest BCUT2D eigenvalue weighted by molar-refractivity contribution is -0.149. The van der Waals surface area contributed by atoms with E-state index in [1.165, 1.54) is 27.1 Å². The van der Waals surface area contributed by atoms with E-state index < -0.39 is 5.41 Å². The first-order valence-electron chi connectivity index (χ1n) is 8.01. The number of ether oxygens (including phenoxy) is 2. The van der Waals surface area contributed by atoms with Gasteiger partial charge in [-0.3, -0.25) is 9.59 Å². The molecule has 0 aromatic heterocycles. The Morgan fingerprint density at radius 3 is 1.76 bits per heavy atom. The number of esters is 2. The molecule has 4 nitrogen and oxygen atoms in total. The molecular formula is C18H23Cl3O4. The van der Waals surface area contributed by atoms with E-state index in [-0.39, 0.29) is 17.9 Å². The smallest absolute Gasteiger partial charge is 0.324 e. The molecule has 0 aliphatic heterocycles. The molecule has 0 atom stereocenters. The molecule has 0 amide bonds. The fraction of sp³-hybridized carbons (Fsp3) is 0.667. The zero-order chi connectivity index (χ0) is 19.1. The number of hydrogen-bond donors (Lipinski definition) is 0. The van der Waals surface area contributed by atoms with Crippen molar-refractivity contribution >= 4 is 46.7 Å². The van der Waals surface area contributed by atoms with Crippen LogP contribution in [0.25, 0.3) is 0 Å². The highest BCUT2D eigenvalue weighted by molar-refractivity contribution is 6.38. The fourth-order valence-corrected chi connectivity index (χ4v) is 3.15. The summed E-state index contributed by atoms with van der Waals surface area (Å²) in [4.78, 5) is 22.1. The first-order valence-corrected chi connectivity index (χ1v) is 9.15. The third kappa shape index (κ3) is 8.73. The summed E-state index contributed by atoms with van der Waals surface area (Å²) in [7, 11) is 2.85. The molecule has 140 valence electrons. The summed E-state index contributed by atoms with van der Waals surface area (Å²) < 4.78 is 9.29. The molecule has 2 saturated carbocycles. The summed E-state index contributed by atoms with van der Waals surface area (Å²) in [5, 5.41) is 6.12. The molecule has 0 unspecified atom stereocenters. The topological polar surface area (TPSA) is 52.6 Å². The maximum atomic E-state index is 11.3. The minimum Gasteiger partial charge on any atom is -0.469 e. The highest BCUT2D eigenvalue weighted by Crippen LogP contribution is 2.38. The molecule has 0 N–H and O–H groups in total. The number of carbonyl (C=O) groups is 2. The van der Waals surface area contributed by atoms with Crippen LogP contribution in [0.1, 0.15) is 51.4 Å². The monoisotopic (exact) mass is 408 g/mol. The molecule has 0 bridgehead atoms. The first-order chi connectivity index (χ1) is 12.0. The normalized spacial score (nSPS) is 17.2. The van der Waals surface area contributed by atoms with Crippen LogP contribution in [0.15, 0.2) is 0 Å². The third-order valence-electron chi connectivity index (χ3n) is 4.25. The Labute approximate surface area is 164 Å². The van der Waals surface area contributed by atoms with Crippen LogP contribution < -0.4 is 0 Å². The molecule has 0 aromatic carbocycles. The number of methoxy groups -OCH3 is 2. The van der Waals surface area contributed by atoms with E-state index >= 15 is 0 Å². The average molecular weight is 410 g/mol. The zero-order valence-corrected chi connectivity index (χ0v) is 16.8. The van der Waals surface area contributed by atoms with Gasteiger partial charge in [0.15, 0.2) is 0 Å². The van der Waals surface area contributed by atoms with Crippen LogP contribution in [0.4, 0.5) is 0 Å². The quantitative estimate of drug-likeness (QED) is 0.492. The predicted molar refractivity (Wildman–Crippen MR) is 100 cm³/mol. The number of hydrogen-bond acceptors (Lipinski definition) is 4. The second-order valence-electron chi connectivity index (χ2n) is 5.69. The van der Waals surface area contributed by atoms with E-state index in [1.807, 2.05) is 10.8 Å². The van der Waals surface area contributed by atoms with Crippen LogP contribution in [-0.4, -0.2) is 26.2 Å². The van der Waals surface area contributed by atoms with Crippen molar-refractivity contribution in [2.75, 3.05) is 14.2 Å². The lowest BCUT2D eigenvalue weighted by Gasteiger charge is -2.17. The zero-order valence-electron chi connectivity index (χ0n) is 14.5. The Bertz CT molecular complexity index is 522. The molecule has 2 rings (SSSR count). The van der Waals surface area contributed by atoms with Gasteiger partial charge in [0.1, 0.15) is 5.41 Å². The van der Waals surface area contributed by atoms with Gasteiger partial charge in [0.05, 0.1) is 20.1 Å². The molecule has 0 heterocycles. The maximum Gasteiger partial charge on any atom is 0.324 e. The van der Waals surface area contributed by atoms with Crippen molar-refractivity contribution in [2.24, 2.45) is 11.3 Å². The Kier molecular flexibility index (Phi) is 13.5. The standard InChI is InChI=1S/C9H11ClO2.C7H12O2.C2Cl2/c1-12-8(11)9(6-7-10)4-2-3-5-9;1-9-7(8)6-4-2-3-5-6;3-1-2-4/h2-5H2,1H3;6H,2-5H2,1H3;. The van der Waals surface area contributed by atoms with Crippen LogP contribution in [-0.2, 0) is 19.1 Å². The van der Waals surface area contributed by atoms with Crippen molar-refractivity contribution < 1.29 is 19.1 Å². The first kappa shape index (κ1) is 23.9. The van der Waals surface area contributed by atoms with Gasteiger partial charge in [-0.25, -0.2) is 0 Å². The summed E-state index contributed by atoms with van der Waals surface area (Å²) >= 11 is 14.7. The van der Waals surface area contributed by atoms with Gasteiger partial charge in [0.2, 0.25) is 0 Å². The Morgan fingerprint density at radius 2 is 1.40 bits per heavy atom. The van der Waals surface area contributed by atoms with E-state index in [1.54, 1.807) is 0 Å². The van der Waals surface area contributed by atoms with Crippen molar-refractivity contribution in [1.82, 2.24) is 0 Å². The molecule has 2 fully saturated rings. The second kappa shape index (κ2) is 14.1. The van der Waals surface area contributed by atoms with Crippen LogP contribution in [0.5, 0.6) is 0 Å². The molecule has 0 saturated heterocycles. The van der Waals surface area contributed by atoms with E-state index in [2.05, 4.69) is 20.8 Å². The highest BCUT2D eigenvalue weighted by Gasteiger charge is 2.40. The number of rotatable bonds is 2. The molecule has 7 heteroatoms. The van der Waals surface area contributed by atoms with Crippen molar-refractivity contribution in [3.63, 3.8) is 0 Å².